The smallest absolute Gasteiger partial charge is 0.143 e. The summed E-state index contributed by atoms with van der Waals surface area (Å²) in [5.74, 6) is 0. The number of rotatable bonds is 5. The fourth-order valence-corrected chi connectivity index (χ4v) is 9.77. The quantitative estimate of drug-likeness (QED) is 0.176. The van der Waals surface area contributed by atoms with E-state index in [-0.39, 0.29) is 0 Å². The number of hydrogen-bond donors (Lipinski definition) is 0. The van der Waals surface area contributed by atoms with Crippen molar-refractivity contribution in [3.05, 3.63) is 188 Å². The van der Waals surface area contributed by atoms with Crippen LogP contribution in [-0.4, -0.2) is 0 Å². The minimum absolute atomic E-state index is 0.840. The molecule has 4 heteroatoms. The fraction of sp³-hybridized carbons (Fsp3) is 0. The van der Waals surface area contributed by atoms with Gasteiger partial charge in [0.15, 0.2) is 0 Å². The van der Waals surface area contributed by atoms with Crippen LogP contribution in [0.25, 0.3) is 97.1 Å². The molecule has 262 valence electrons. The molecular formula is C52H31NO2S. The van der Waals surface area contributed by atoms with Crippen molar-refractivity contribution < 1.29 is 8.83 Å². The van der Waals surface area contributed by atoms with E-state index in [0.29, 0.717) is 0 Å². The second kappa shape index (κ2) is 12.2. The Morgan fingerprint density at radius 1 is 0.357 bits per heavy atom. The van der Waals surface area contributed by atoms with Crippen molar-refractivity contribution >= 4 is 103 Å². The first-order valence-corrected chi connectivity index (χ1v) is 19.7. The average molecular weight is 734 g/mol. The van der Waals surface area contributed by atoms with Gasteiger partial charge in [0.2, 0.25) is 0 Å². The molecule has 0 radical (unpaired) electrons. The van der Waals surface area contributed by atoms with Gasteiger partial charge in [-0.3, -0.25) is 0 Å². The summed E-state index contributed by atoms with van der Waals surface area (Å²) in [5, 5.41) is 9.23. The molecule has 0 aliphatic heterocycles. The lowest BCUT2D eigenvalue weighted by Crippen LogP contribution is -2.10. The van der Waals surface area contributed by atoms with Gasteiger partial charge in [-0.1, -0.05) is 121 Å². The van der Waals surface area contributed by atoms with Crippen molar-refractivity contribution in [3.63, 3.8) is 0 Å². The van der Waals surface area contributed by atoms with Crippen LogP contribution in [0.4, 0.5) is 17.1 Å². The zero-order valence-corrected chi connectivity index (χ0v) is 30.9. The first-order valence-electron chi connectivity index (χ1n) is 18.9. The molecule has 3 heterocycles. The molecule has 0 saturated carbocycles. The second-order valence-electron chi connectivity index (χ2n) is 14.5. The third kappa shape index (κ3) is 4.83. The molecule has 0 atom stereocenters. The number of anilines is 3. The molecule has 3 nitrogen and oxygen atoms in total. The van der Waals surface area contributed by atoms with Gasteiger partial charge < -0.3 is 13.7 Å². The molecular weight excluding hydrogens is 703 g/mol. The van der Waals surface area contributed by atoms with Gasteiger partial charge in [-0.25, -0.2) is 0 Å². The standard InChI is InChI=1S/C52H31NO2S/c1-2-11-32(12-3-1)34-14-10-15-35(27-34)45-28-38(30-48-51(45)44-24-21-33-13-4-5-16-39(33)52(44)55-48)53(36-22-25-41-40-17-6-8-19-46(40)54-47(41)29-36)37-23-26-43-42-18-7-9-20-49(42)56-50(43)31-37/h1-31H. The molecule has 9 aromatic carbocycles. The van der Waals surface area contributed by atoms with Crippen LogP contribution in [0.15, 0.2) is 197 Å². The molecule has 12 aromatic rings. The molecule has 0 bridgehead atoms. The maximum atomic E-state index is 6.98. The number of para-hydroxylation sites is 1. The lowest BCUT2D eigenvalue weighted by molar-refractivity contribution is 0.669. The first kappa shape index (κ1) is 31.2. The van der Waals surface area contributed by atoms with E-state index < -0.39 is 0 Å². The molecule has 56 heavy (non-hydrogen) atoms. The van der Waals surface area contributed by atoms with Gasteiger partial charge in [-0.05, 0) is 82.2 Å². The van der Waals surface area contributed by atoms with Gasteiger partial charge in [-0.2, -0.15) is 0 Å². The highest BCUT2D eigenvalue weighted by atomic mass is 32.1. The number of hydrogen-bond acceptors (Lipinski definition) is 4. The van der Waals surface area contributed by atoms with Gasteiger partial charge in [0, 0.05) is 70.6 Å². The van der Waals surface area contributed by atoms with Crippen LogP contribution >= 0.6 is 11.3 Å². The number of fused-ring (bicyclic) bond motifs is 11. The predicted octanol–water partition coefficient (Wildman–Crippen LogP) is 15.8. The molecule has 0 fully saturated rings. The fourth-order valence-electron chi connectivity index (χ4n) is 8.63. The Hall–Kier alpha value is -7.14. The highest BCUT2D eigenvalue weighted by Crippen LogP contribution is 2.47. The third-order valence-corrected chi connectivity index (χ3v) is 12.4. The predicted molar refractivity (Wildman–Crippen MR) is 237 cm³/mol. The molecule has 0 aliphatic carbocycles. The number of furan rings is 2. The largest absolute Gasteiger partial charge is 0.456 e. The summed E-state index contributed by atoms with van der Waals surface area (Å²) in [7, 11) is 0. The van der Waals surface area contributed by atoms with Gasteiger partial charge in [0.05, 0.1) is 5.69 Å². The summed E-state index contributed by atoms with van der Waals surface area (Å²) in [6, 6.07) is 67.3. The molecule has 0 saturated heterocycles. The summed E-state index contributed by atoms with van der Waals surface area (Å²) in [5.41, 5.74) is 11.1. The van der Waals surface area contributed by atoms with Gasteiger partial charge >= 0.3 is 0 Å². The maximum absolute atomic E-state index is 6.98. The third-order valence-electron chi connectivity index (χ3n) is 11.2. The van der Waals surface area contributed by atoms with Crippen molar-refractivity contribution in [2.75, 3.05) is 4.90 Å². The van der Waals surface area contributed by atoms with E-state index >= 15 is 0 Å². The summed E-state index contributed by atoms with van der Waals surface area (Å²) >= 11 is 1.83. The van der Waals surface area contributed by atoms with E-state index in [1.165, 1.54) is 31.3 Å². The van der Waals surface area contributed by atoms with E-state index in [9.17, 15) is 0 Å². The Labute approximate surface area is 325 Å². The average Bonchev–Trinajstić information content (AvgIpc) is 3.95. The van der Waals surface area contributed by atoms with E-state index in [0.717, 1.165) is 82.8 Å². The van der Waals surface area contributed by atoms with Gasteiger partial charge in [0.25, 0.3) is 0 Å². The van der Waals surface area contributed by atoms with E-state index in [1.807, 2.05) is 23.5 Å². The number of thiophene rings is 1. The summed E-state index contributed by atoms with van der Waals surface area (Å²) in [4.78, 5) is 2.35. The molecule has 0 amide bonds. The summed E-state index contributed by atoms with van der Waals surface area (Å²) in [6.07, 6.45) is 0. The Morgan fingerprint density at radius 3 is 1.93 bits per heavy atom. The van der Waals surface area contributed by atoms with Crippen molar-refractivity contribution in [2.24, 2.45) is 0 Å². The lowest BCUT2D eigenvalue weighted by atomic mass is 9.94. The van der Waals surface area contributed by atoms with Crippen molar-refractivity contribution in [3.8, 4) is 22.3 Å². The van der Waals surface area contributed by atoms with E-state index in [4.69, 9.17) is 8.83 Å². The van der Waals surface area contributed by atoms with Crippen molar-refractivity contribution in [1.29, 1.82) is 0 Å². The molecule has 0 unspecified atom stereocenters. The van der Waals surface area contributed by atoms with Crippen LogP contribution in [0.3, 0.4) is 0 Å². The molecule has 12 rings (SSSR count). The summed E-state index contributed by atoms with van der Waals surface area (Å²) < 4.78 is 16.0. The van der Waals surface area contributed by atoms with Gasteiger partial charge in [-0.15, -0.1) is 11.3 Å². The van der Waals surface area contributed by atoms with Crippen molar-refractivity contribution in [2.45, 2.75) is 0 Å². The lowest BCUT2D eigenvalue weighted by Gasteiger charge is -2.26. The minimum atomic E-state index is 0.840. The monoisotopic (exact) mass is 733 g/mol. The maximum Gasteiger partial charge on any atom is 0.143 e. The highest BCUT2D eigenvalue weighted by molar-refractivity contribution is 7.25. The van der Waals surface area contributed by atoms with E-state index in [2.05, 4.69) is 181 Å². The van der Waals surface area contributed by atoms with Crippen LogP contribution in [0.1, 0.15) is 0 Å². The Bertz CT molecular complexity index is 3380. The van der Waals surface area contributed by atoms with Crippen LogP contribution in [0.5, 0.6) is 0 Å². The van der Waals surface area contributed by atoms with E-state index in [1.54, 1.807) is 0 Å². The van der Waals surface area contributed by atoms with Crippen LogP contribution in [0.2, 0.25) is 0 Å². The van der Waals surface area contributed by atoms with Crippen molar-refractivity contribution in [1.82, 2.24) is 0 Å². The number of nitrogens with zero attached hydrogens (tertiary/aromatic N) is 1. The molecule has 3 aromatic heterocycles. The highest BCUT2D eigenvalue weighted by Gasteiger charge is 2.22. The SMILES string of the molecule is c1ccc(-c2cccc(-c3cc(N(c4ccc5c(c4)oc4ccccc45)c4ccc5c(c4)sc4ccccc45)cc4oc5c6ccccc6ccc5c34)c2)cc1. The Morgan fingerprint density at radius 2 is 1.02 bits per heavy atom. The molecule has 0 aliphatic rings. The minimum Gasteiger partial charge on any atom is -0.456 e. The zero-order chi connectivity index (χ0) is 36.7. The Balaban J connectivity index is 1.15. The zero-order valence-electron chi connectivity index (χ0n) is 30.1. The molecule has 0 N–H and O–H groups in total. The number of benzene rings is 9. The van der Waals surface area contributed by atoms with Crippen LogP contribution in [0, 0.1) is 0 Å². The second-order valence-corrected chi connectivity index (χ2v) is 15.6. The van der Waals surface area contributed by atoms with Gasteiger partial charge in [0.1, 0.15) is 22.3 Å². The topological polar surface area (TPSA) is 29.5 Å². The van der Waals surface area contributed by atoms with Crippen LogP contribution < -0.4 is 4.90 Å². The molecule has 0 spiro atoms. The normalized spacial score (nSPS) is 11.9. The summed E-state index contributed by atoms with van der Waals surface area (Å²) in [6.45, 7) is 0. The Kier molecular flexibility index (Phi) is 6.80. The van der Waals surface area contributed by atoms with Crippen LogP contribution in [-0.2, 0) is 0 Å². The first-order chi connectivity index (χ1) is 27.7.